The molecule has 1 heterocycles. The van der Waals surface area contributed by atoms with Crippen LogP contribution < -0.4 is 5.32 Å². The van der Waals surface area contributed by atoms with Gasteiger partial charge in [0, 0.05) is 30.9 Å². The summed E-state index contributed by atoms with van der Waals surface area (Å²) >= 11 is 0. The highest BCUT2D eigenvalue weighted by molar-refractivity contribution is 5.94. The van der Waals surface area contributed by atoms with Crippen molar-refractivity contribution in [1.82, 2.24) is 15.3 Å². The number of carbonyl (C=O) groups is 1. The first kappa shape index (κ1) is 15.1. The standard InChI is InChI=1S/C14H14F3N3O/c15-14(16,17)11-4-1-3-10(9-11)13(21)20-6-2-5-12-18-7-8-19-12/h1,3-4,7-9H,2,5-6H2,(H,18,19)(H,20,21). The molecule has 0 saturated heterocycles. The fourth-order valence-corrected chi connectivity index (χ4v) is 1.83. The number of aromatic nitrogens is 2. The lowest BCUT2D eigenvalue weighted by molar-refractivity contribution is -0.137. The maximum atomic E-state index is 12.6. The normalized spacial score (nSPS) is 11.4. The molecule has 2 rings (SSSR count). The Morgan fingerprint density at radius 1 is 1.33 bits per heavy atom. The van der Waals surface area contributed by atoms with Gasteiger partial charge >= 0.3 is 6.18 Å². The number of rotatable bonds is 5. The van der Waals surface area contributed by atoms with E-state index in [2.05, 4.69) is 15.3 Å². The number of carbonyl (C=O) groups excluding carboxylic acids is 1. The second-order valence-electron chi connectivity index (χ2n) is 4.47. The third kappa shape index (κ3) is 4.34. The van der Waals surface area contributed by atoms with Crippen LogP contribution in [0.25, 0.3) is 0 Å². The van der Waals surface area contributed by atoms with Crippen LogP contribution in [0.3, 0.4) is 0 Å². The number of hydrogen-bond acceptors (Lipinski definition) is 2. The summed E-state index contributed by atoms with van der Waals surface area (Å²) in [5.41, 5.74) is -0.825. The highest BCUT2D eigenvalue weighted by atomic mass is 19.4. The van der Waals surface area contributed by atoms with E-state index in [4.69, 9.17) is 0 Å². The Bertz CT molecular complexity index is 594. The average Bonchev–Trinajstić information content (AvgIpc) is 2.96. The molecular weight excluding hydrogens is 283 g/mol. The molecule has 2 aromatic rings. The van der Waals surface area contributed by atoms with Gasteiger partial charge in [0.2, 0.25) is 0 Å². The zero-order valence-corrected chi connectivity index (χ0v) is 11.1. The monoisotopic (exact) mass is 297 g/mol. The van der Waals surface area contributed by atoms with E-state index in [1.54, 1.807) is 12.4 Å². The molecule has 0 radical (unpaired) electrons. The predicted molar refractivity (Wildman–Crippen MR) is 70.7 cm³/mol. The van der Waals surface area contributed by atoms with Crippen molar-refractivity contribution in [2.45, 2.75) is 19.0 Å². The molecule has 1 aromatic heterocycles. The van der Waals surface area contributed by atoms with E-state index in [-0.39, 0.29) is 5.56 Å². The number of amides is 1. The minimum atomic E-state index is -4.45. The molecule has 0 bridgehead atoms. The smallest absolute Gasteiger partial charge is 0.352 e. The average molecular weight is 297 g/mol. The largest absolute Gasteiger partial charge is 0.416 e. The van der Waals surface area contributed by atoms with Crippen molar-refractivity contribution in [3.8, 4) is 0 Å². The number of imidazole rings is 1. The van der Waals surface area contributed by atoms with Crippen LogP contribution in [-0.2, 0) is 12.6 Å². The van der Waals surface area contributed by atoms with Crippen molar-refractivity contribution in [2.24, 2.45) is 0 Å². The Kier molecular flexibility index (Phi) is 4.62. The Morgan fingerprint density at radius 2 is 2.14 bits per heavy atom. The quantitative estimate of drug-likeness (QED) is 0.834. The van der Waals surface area contributed by atoms with Gasteiger partial charge in [-0.3, -0.25) is 4.79 Å². The van der Waals surface area contributed by atoms with E-state index in [1.807, 2.05) is 0 Å². The highest BCUT2D eigenvalue weighted by Gasteiger charge is 2.30. The van der Waals surface area contributed by atoms with Gasteiger partial charge in [0.05, 0.1) is 5.56 Å². The van der Waals surface area contributed by atoms with Crippen LogP contribution in [-0.4, -0.2) is 22.4 Å². The predicted octanol–water partition coefficient (Wildman–Crippen LogP) is 2.79. The number of nitrogens with one attached hydrogen (secondary N) is 2. The highest BCUT2D eigenvalue weighted by Crippen LogP contribution is 2.29. The molecule has 0 spiro atoms. The lowest BCUT2D eigenvalue weighted by Crippen LogP contribution is -2.25. The minimum Gasteiger partial charge on any atom is -0.352 e. The first-order chi connectivity index (χ1) is 9.97. The Hall–Kier alpha value is -2.31. The molecular formula is C14H14F3N3O. The fraction of sp³-hybridized carbons (Fsp3) is 0.286. The van der Waals surface area contributed by atoms with Crippen molar-refractivity contribution in [1.29, 1.82) is 0 Å². The number of nitrogens with zero attached hydrogens (tertiary/aromatic N) is 1. The molecule has 2 N–H and O–H groups in total. The van der Waals surface area contributed by atoms with E-state index in [9.17, 15) is 18.0 Å². The molecule has 0 aliphatic rings. The number of H-pyrrole nitrogens is 1. The number of alkyl halides is 3. The number of halogens is 3. The first-order valence-corrected chi connectivity index (χ1v) is 6.40. The summed E-state index contributed by atoms with van der Waals surface area (Å²) in [5, 5.41) is 2.59. The molecule has 1 amide bonds. The van der Waals surface area contributed by atoms with Crippen molar-refractivity contribution in [3.05, 3.63) is 53.6 Å². The maximum Gasteiger partial charge on any atom is 0.416 e. The number of benzene rings is 1. The van der Waals surface area contributed by atoms with Crippen LogP contribution in [0.1, 0.15) is 28.2 Å². The van der Waals surface area contributed by atoms with Crippen molar-refractivity contribution in [2.75, 3.05) is 6.54 Å². The van der Waals surface area contributed by atoms with Crippen LogP contribution in [0.5, 0.6) is 0 Å². The summed E-state index contributed by atoms with van der Waals surface area (Å²) in [7, 11) is 0. The maximum absolute atomic E-state index is 12.6. The summed E-state index contributed by atoms with van der Waals surface area (Å²) in [5.74, 6) is 0.295. The summed E-state index contributed by atoms with van der Waals surface area (Å²) in [4.78, 5) is 18.8. The molecule has 0 fully saturated rings. The van der Waals surface area contributed by atoms with Gasteiger partial charge in [-0.05, 0) is 24.6 Å². The van der Waals surface area contributed by atoms with Gasteiger partial charge in [0.25, 0.3) is 5.91 Å². The van der Waals surface area contributed by atoms with Gasteiger partial charge in [0.1, 0.15) is 5.82 Å². The number of hydrogen-bond donors (Lipinski definition) is 2. The lowest BCUT2D eigenvalue weighted by atomic mass is 10.1. The zero-order chi connectivity index (χ0) is 15.3. The second kappa shape index (κ2) is 6.43. The fourth-order valence-electron chi connectivity index (χ4n) is 1.83. The third-order valence-electron chi connectivity index (χ3n) is 2.88. The third-order valence-corrected chi connectivity index (χ3v) is 2.88. The molecule has 1 aromatic carbocycles. The Morgan fingerprint density at radius 3 is 2.81 bits per heavy atom. The Labute approximate surface area is 119 Å². The van der Waals surface area contributed by atoms with E-state index in [0.717, 1.165) is 18.0 Å². The minimum absolute atomic E-state index is 0.00261. The van der Waals surface area contributed by atoms with Gasteiger partial charge in [-0.1, -0.05) is 6.07 Å². The summed E-state index contributed by atoms with van der Waals surface area (Å²) in [6.07, 6.45) is 0.205. The van der Waals surface area contributed by atoms with Gasteiger partial charge in [0.15, 0.2) is 0 Å². The van der Waals surface area contributed by atoms with Gasteiger partial charge in [-0.2, -0.15) is 13.2 Å². The molecule has 0 aliphatic carbocycles. The van der Waals surface area contributed by atoms with Crippen LogP contribution in [0.15, 0.2) is 36.7 Å². The van der Waals surface area contributed by atoms with E-state index >= 15 is 0 Å². The lowest BCUT2D eigenvalue weighted by Gasteiger charge is -2.09. The zero-order valence-electron chi connectivity index (χ0n) is 11.1. The van der Waals surface area contributed by atoms with Crippen LogP contribution in [0.2, 0.25) is 0 Å². The van der Waals surface area contributed by atoms with Gasteiger partial charge in [-0.25, -0.2) is 4.98 Å². The van der Waals surface area contributed by atoms with Gasteiger partial charge in [-0.15, -0.1) is 0 Å². The molecule has 0 saturated carbocycles. The van der Waals surface area contributed by atoms with Crippen molar-refractivity contribution >= 4 is 5.91 Å². The number of aromatic amines is 1. The molecule has 0 atom stereocenters. The Balaban J connectivity index is 1.85. The van der Waals surface area contributed by atoms with E-state index in [1.165, 1.54) is 12.1 Å². The van der Waals surface area contributed by atoms with Crippen LogP contribution >= 0.6 is 0 Å². The first-order valence-electron chi connectivity index (χ1n) is 6.40. The van der Waals surface area contributed by atoms with Crippen LogP contribution in [0.4, 0.5) is 13.2 Å². The van der Waals surface area contributed by atoms with E-state index < -0.39 is 17.6 Å². The van der Waals surface area contributed by atoms with Crippen molar-refractivity contribution in [3.63, 3.8) is 0 Å². The molecule has 112 valence electrons. The summed E-state index contributed by atoms with van der Waals surface area (Å²) in [6.45, 7) is 0.371. The molecule has 21 heavy (non-hydrogen) atoms. The van der Waals surface area contributed by atoms with E-state index in [0.29, 0.717) is 19.4 Å². The van der Waals surface area contributed by atoms with Crippen molar-refractivity contribution < 1.29 is 18.0 Å². The second-order valence-corrected chi connectivity index (χ2v) is 4.47. The summed E-state index contributed by atoms with van der Waals surface area (Å²) < 4.78 is 37.7. The van der Waals surface area contributed by atoms with Crippen LogP contribution in [0, 0.1) is 0 Å². The molecule has 0 unspecified atom stereocenters. The topological polar surface area (TPSA) is 57.8 Å². The van der Waals surface area contributed by atoms with Gasteiger partial charge < -0.3 is 10.3 Å². The molecule has 7 heteroatoms. The molecule has 0 aliphatic heterocycles. The SMILES string of the molecule is O=C(NCCCc1ncc[nH]1)c1cccc(C(F)(F)F)c1. The molecule has 4 nitrogen and oxygen atoms in total. The summed E-state index contributed by atoms with van der Waals surface area (Å²) in [6, 6.07) is 4.37. The number of aryl methyl sites for hydroxylation is 1.